The maximum atomic E-state index is 14.0. The first kappa shape index (κ1) is 37.5. The van der Waals surface area contributed by atoms with Crippen molar-refractivity contribution < 1.29 is 57.6 Å². The lowest BCUT2D eigenvalue weighted by Gasteiger charge is -2.33. The zero-order valence-electron chi connectivity index (χ0n) is 26.6. The van der Waals surface area contributed by atoms with Crippen molar-refractivity contribution in [1.82, 2.24) is 16.0 Å². The number of rotatable bonds is 14. The Morgan fingerprint density at radius 2 is 1.46 bits per heavy atom. The zero-order valence-corrected chi connectivity index (χ0v) is 26.6. The number of carboxylic acids is 2. The van der Waals surface area contributed by atoms with Crippen molar-refractivity contribution in [2.24, 2.45) is 17.8 Å². The van der Waals surface area contributed by atoms with Crippen LogP contribution in [0.3, 0.4) is 0 Å². The van der Waals surface area contributed by atoms with Crippen LogP contribution in [0.25, 0.3) is 0 Å². The van der Waals surface area contributed by atoms with E-state index in [9.17, 15) is 52.9 Å². The van der Waals surface area contributed by atoms with Crippen LogP contribution in [-0.4, -0.2) is 82.3 Å². The summed E-state index contributed by atoms with van der Waals surface area (Å²) in [6, 6.07) is 4.90. The Balaban J connectivity index is 1.76. The minimum Gasteiger partial charge on any atom is -0.481 e. The number of nitrogens with one attached hydrogen (secondary N) is 3. The molecule has 5 atom stereocenters. The lowest BCUT2D eigenvalue weighted by Crippen LogP contribution is -2.55. The predicted octanol–water partition coefficient (Wildman–Crippen LogP) is 2.05. The van der Waals surface area contributed by atoms with Gasteiger partial charge in [-0.3, -0.25) is 24.0 Å². The third-order valence-corrected chi connectivity index (χ3v) is 8.12. The number of aliphatic carboxylic acids is 2. The summed E-state index contributed by atoms with van der Waals surface area (Å²) in [6.45, 7) is 3.26. The van der Waals surface area contributed by atoms with Gasteiger partial charge >= 0.3 is 17.9 Å². The molecule has 0 bridgehead atoms. The molecule has 0 heterocycles. The van der Waals surface area contributed by atoms with Crippen LogP contribution in [-0.2, 0) is 30.3 Å². The minimum absolute atomic E-state index is 0.000459. The summed E-state index contributed by atoms with van der Waals surface area (Å²) >= 11 is 0. The first-order chi connectivity index (χ1) is 22.6. The monoisotopic (exact) mass is 675 g/mol. The number of ether oxygens (including phenoxy) is 1. The standard InChI is InChI=1S/C33H39F2N3O10/c1-16(2)28(30(42)36-24-12-20(31(43)44)11-21(13-24)32(45)46)38-27(40)15-26(39)25(9-17-7-22(34)14-23(35)8-17)37-29(41)18-5-4-6-19(10-18)33(47)48-3/h4-8,10,14,16,20-21,24-26,28,39H,9,11-13,15H2,1-3H3,(H,36,42)(H,37,41)(H,38,40)(H,43,44)(H,45,46)/t20?,21?,24?,25-,26+,28-/m0/s1. The van der Waals surface area contributed by atoms with Gasteiger partial charge in [0.15, 0.2) is 0 Å². The van der Waals surface area contributed by atoms with Gasteiger partial charge in [-0.2, -0.15) is 0 Å². The number of carbonyl (C=O) groups excluding carboxylic acids is 4. The third kappa shape index (κ3) is 10.6. The molecule has 1 saturated carbocycles. The van der Waals surface area contributed by atoms with Crippen molar-refractivity contribution in [1.29, 1.82) is 0 Å². The zero-order chi connectivity index (χ0) is 35.7. The van der Waals surface area contributed by atoms with E-state index in [0.717, 1.165) is 19.2 Å². The quantitative estimate of drug-likeness (QED) is 0.161. The molecule has 0 aliphatic heterocycles. The van der Waals surface area contributed by atoms with Crippen LogP contribution >= 0.6 is 0 Å². The van der Waals surface area contributed by atoms with Crippen LogP contribution in [0.1, 0.15) is 65.8 Å². The highest BCUT2D eigenvalue weighted by molar-refractivity contribution is 5.98. The second-order valence-electron chi connectivity index (χ2n) is 12.2. The molecule has 2 aromatic carbocycles. The Kier molecular flexibility index (Phi) is 13.1. The van der Waals surface area contributed by atoms with Gasteiger partial charge in [0.1, 0.15) is 17.7 Å². The van der Waals surface area contributed by atoms with Gasteiger partial charge in [-0.15, -0.1) is 0 Å². The lowest BCUT2D eigenvalue weighted by atomic mass is 9.78. The highest BCUT2D eigenvalue weighted by Crippen LogP contribution is 2.30. The molecule has 2 unspecified atom stereocenters. The van der Waals surface area contributed by atoms with Crippen LogP contribution in [0, 0.1) is 29.4 Å². The Labute approximate surface area is 275 Å². The molecule has 0 aromatic heterocycles. The summed E-state index contributed by atoms with van der Waals surface area (Å²) in [6.07, 6.45) is -2.66. The van der Waals surface area contributed by atoms with Crippen molar-refractivity contribution >= 4 is 35.6 Å². The molecule has 15 heteroatoms. The molecule has 2 aromatic rings. The van der Waals surface area contributed by atoms with Crippen molar-refractivity contribution in [3.63, 3.8) is 0 Å². The number of halogens is 2. The van der Waals surface area contributed by atoms with E-state index in [0.29, 0.717) is 6.07 Å². The second-order valence-corrected chi connectivity index (χ2v) is 12.2. The largest absolute Gasteiger partial charge is 0.481 e. The molecule has 1 aliphatic carbocycles. The first-order valence-corrected chi connectivity index (χ1v) is 15.3. The highest BCUT2D eigenvalue weighted by atomic mass is 19.1. The normalized spacial score (nSPS) is 19.4. The number of carbonyl (C=O) groups is 6. The maximum absolute atomic E-state index is 14.0. The van der Waals surface area contributed by atoms with Gasteiger partial charge in [-0.1, -0.05) is 19.9 Å². The summed E-state index contributed by atoms with van der Waals surface area (Å²) in [7, 11) is 1.16. The van der Waals surface area contributed by atoms with E-state index in [1.807, 2.05) is 0 Å². The number of benzene rings is 2. The molecule has 1 aliphatic rings. The summed E-state index contributed by atoms with van der Waals surface area (Å²) in [4.78, 5) is 74.6. The summed E-state index contributed by atoms with van der Waals surface area (Å²) < 4.78 is 32.6. The van der Waals surface area contributed by atoms with E-state index in [-0.39, 0.29) is 42.4 Å². The Morgan fingerprint density at radius 1 is 0.875 bits per heavy atom. The van der Waals surface area contributed by atoms with Crippen LogP contribution < -0.4 is 16.0 Å². The molecule has 13 nitrogen and oxygen atoms in total. The number of carboxylic acid groups (broad SMARTS) is 2. The van der Waals surface area contributed by atoms with Gasteiger partial charge < -0.3 is 36.0 Å². The summed E-state index contributed by atoms with van der Waals surface area (Å²) in [5.74, 6) is -9.58. The molecule has 3 amide bonds. The molecule has 1 fully saturated rings. The fourth-order valence-corrected chi connectivity index (χ4v) is 5.65. The lowest BCUT2D eigenvalue weighted by molar-refractivity contribution is -0.149. The predicted molar refractivity (Wildman–Crippen MR) is 165 cm³/mol. The van der Waals surface area contributed by atoms with E-state index in [1.54, 1.807) is 13.8 Å². The van der Waals surface area contributed by atoms with Crippen molar-refractivity contribution in [2.45, 2.75) is 70.2 Å². The van der Waals surface area contributed by atoms with Crippen LogP contribution in [0.4, 0.5) is 8.78 Å². The molecule has 6 N–H and O–H groups in total. The van der Waals surface area contributed by atoms with Gasteiger partial charge in [-0.05, 0) is 67.5 Å². The average Bonchev–Trinajstić information content (AvgIpc) is 3.01. The Bertz CT molecular complexity index is 1490. The maximum Gasteiger partial charge on any atom is 0.337 e. The van der Waals surface area contributed by atoms with E-state index in [4.69, 9.17) is 0 Å². The van der Waals surface area contributed by atoms with Crippen molar-refractivity contribution in [3.8, 4) is 0 Å². The topological polar surface area (TPSA) is 208 Å². The molecular weight excluding hydrogens is 636 g/mol. The van der Waals surface area contributed by atoms with Crippen LogP contribution in [0.5, 0.6) is 0 Å². The number of esters is 1. The second kappa shape index (κ2) is 16.8. The third-order valence-electron chi connectivity index (χ3n) is 8.12. The van der Waals surface area contributed by atoms with Crippen molar-refractivity contribution in [2.75, 3.05) is 7.11 Å². The SMILES string of the molecule is COC(=O)c1cccc(C(=O)N[C@@H](Cc2cc(F)cc(F)c2)[C@H](O)CC(=O)N[C@H](C(=O)NC2CC(C(=O)O)CC(C(=O)O)C2)C(C)C)c1. The molecule has 260 valence electrons. The number of aliphatic hydroxyl groups is 1. The summed E-state index contributed by atoms with van der Waals surface area (Å²) in [5, 5.41) is 37.7. The number of amides is 3. The van der Waals surface area contributed by atoms with Gasteiger partial charge in [0.25, 0.3) is 5.91 Å². The molecule has 0 radical (unpaired) electrons. The Morgan fingerprint density at radius 3 is 2.00 bits per heavy atom. The van der Waals surface area contributed by atoms with Gasteiger partial charge in [0, 0.05) is 17.7 Å². The van der Waals surface area contributed by atoms with Gasteiger partial charge in [0.2, 0.25) is 11.8 Å². The fraction of sp³-hybridized carbons (Fsp3) is 0.455. The molecule has 48 heavy (non-hydrogen) atoms. The average molecular weight is 676 g/mol. The molecule has 3 rings (SSSR count). The number of aliphatic hydroxyl groups excluding tert-OH is 1. The first-order valence-electron chi connectivity index (χ1n) is 15.3. The van der Waals surface area contributed by atoms with Gasteiger partial charge in [0.05, 0.1) is 43.1 Å². The smallest absolute Gasteiger partial charge is 0.337 e. The summed E-state index contributed by atoms with van der Waals surface area (Å²) in [5.41, 5.74) is 0.128. The number of methoxy groups -OCH3 is 1. The molecule has 0 saturated heterocycles. The minimum atomic E-state index is -1.63. The van der Waals surface area contributed by atoms with Crippen LogP contribution in [0.15, 0.2) is 42.5 Å². The fourth-order valence-electron chi connectivity index (χ4n) is 5.65. The molecular formula is C33H39F2N3O10. The van der Waals surface area contributed by atoms with Crippen molar-refractivity contribution in [3.05, 3.63) is 70.8 Å². The van der Waals surface area contributed by atoms with E-state index in [2.05, 4.69) is 20.7 Å². The van der Waals surface area contributed by atoms with E-state index < -0.39 is 95.7 Å². The van der Waals surface area contributed by atoms with E-state index in [1.165, 1.54) is 24.3 Å². The Hall–Kier alpha value is -4.92. The van der Waals surface area contributed by atoms with Crippen LogP contribution in [0.2, 0.25) is 0 Å². The number of hydrogen-bond acceptors (Lipinski definition) is 8. The number of hydrogen-bond donors (Lipinski definition) is 6. The highest BCUT2D eigenvalue weighted by Gasteiger charge is 2.38. The van der Waals surface area contributed by atoms with E-state index >= 15 is 0 Å². The molecule has 0 spiro atoms. The van der Waals surface area contributed by atoms with Gasteiger partial charge in [-0.25, -0.2) is 13.6 Å².